The fraction of sp³-hybridized carbons (Fsp3) is 1.00. The second-order valence-corrected chi connectivity index (χ2v) is 8.10. The average molecular weight is 254 g/mol. The van der Waals surface area contributed by atoms with Crippen molar-refractivity contribution in [1.82, 2.24) is 0 Å². The Kier molecular flexibility index (Phi) is 13.4. The summed E-state index contributed by atoms with van der Waals surface area (Å²) >= 11 is 10.3. The molecule has 0 amide bonds. The summed E-state index contributed by atoms with van der Waals surface area (Å²) in [7, 11) is -2.54. The van der Waals surface area contributed by atoms with E-state index in [1.807, 2.05) is 0 Å². The maximum absolute atomic E-state index is 8.92. The molecule has 0 aromatic rings. The summed E-state index contributed by atoms with van der Waals surface area (Å²) < 4.78 is 15.2. The molecule has 0 aromatic carbocycles. The van der Waals surface area contributed by atoms with Crippen LogP contribution in [0.5, 0.6) is 0 Å². The topological polar surface area (TPSA) is 61.0 Å². The summed E-state index contributed by atoms with van der Waals surface area (Å²) in [6, 6.07) is 0. The van der Waals surface area contributed by atoms with Gasteiger partial charge in [-0.2, -0.15) is 0 Å². The van der Waals surface area contributed by atoms with Gasteiger partial charge in [-0.25, -0.2) is 0 Å². The van der Waals surface area contributed by atoms with E-state index in [1.54, 1.807) is 0 Å². The van der Waals surface area contributed by atoms with Gasteiger partial charge in [0.25, 0.3) is 0 Å². The summed E-state index contributed by atoms with van der Waals surface area (Å²) in [5, 5.41) is 0. The molecule has 7 heteroatoms. The standard InChI is InChI=1S/C6H13O2S3.Na.H2O/c1-2-3-4-5-6-8-11(7,9)10;;/h1-6H2,(H,7,9,10);;1H2. The van der Waals surface area contributed by atoms with Crippen LogP contribution in [0.2, 0.25) is 3.67 Å². The molecule has 13 heavy (non-hydrogen) atoms. The number of rotatable bonds is 7. The first-order valence-corrected chi connectivity index (χ1v) is 8.96. The molecule has 0 aliphatic rings. The fourth-order valence-electron chi connectivity index (χ4n) is 0.870. The first-order chi connectivity index (χ1) is 5.56. The summed E-state index contributed by atoms with van der Waals surface area (Å²) in [5.74, 6) is 0. The SMILES string of the molecule is O.OS(=S)(=S)OCCCCC[CH2][Na]. The molecule has 0 aromatic heterocycles. The van der Waals surface area contributed by atoms with Crippen LogP contribution in [0.3, 0.4) is 0 Å². The summed E-state index contributed by atoms with van der Waals surface area (Å²) in [4.78, 5) is 0. The molecule has 0 radical (unpaired) electrons. The molecule has 3 nitrogen and oxygen atoms in total. The molecule has 76 valence electrons. The molecular formula is C6H15NaO3S3. The molecule has 0 aliphatic heterocycles. The van der Waals surface area contributed by atoms with E-state index < -0.39 is 7.71 Å². The van der Waals surface area contributed by atoms with Crippen molar-refractivity contribution in [1.29, 1.82) is 0 Å². The van der Waals surface area contributed by atoms with E-state index in [1.165, 1.54) is 44.4 Å². The number of unbranched alkanes of at least 4 members (excludes halogenated alkanes) is 3. The van der Waals surface area contributed by atoms with Crippen LogP contribution in [0.1, 0.15) is 25.7 Å². The Bertz CT molecular complexity index is 193. The molecular weight excluding hydrogens is 239 g/mol. The molecule has 0 heterocycles. The summed E-state index contributed by atoms with van der Waals surface area (Å²) in [5.41, 5.74) is 0. The molecule has 0 aliphatic carbocycles. The molecule has 0 fully saturated rings. The van der Waals surface area contributed by atoms with Gasteiger partial charge >= 0.3 is 103 Å². The van der Waals surface area contributed by atoms with Gasteiger partial charge in [-0.1, -0.05) is 0 Å². The third-order valence-corrected chi connectivity index (χ3v) is 3.23. The predicted octanol–water partition coefficient (Wildman–Crippen LogP) is 0.791. The molecule has 3 N–H and O–H groups in total. The monoisotopic (exact) mass is 254 g/mol. The van der Waals surface area contributed by atoms with Crippen molar-refractivity contribution in [3.05, 3.63) is 0 Å². The van der Waals surface area contributed by atoms with E-state index >= 15 is 0 Å². The van der Waals surface area contributed by atoms with Gasteiger partial charge in [-0.05, 0) is 0 Å². The minimum absolute atomic E-state index is 0. The number of hydrogen-bond donors (Lipinski definition) is 1. The zero-order chi connectivity index (χ0) is 9.45. The zero-order valence-corrected chi connectivity index (χ0v) is 12.3. The first kappa shape index (κ1) is 17.1. The Balaban J connectivity index is 0. The molecule has 0 bridgehead atoms. The molecule has 0 unspecified atom stereocenters. The molecule has 0 spiro atoms. The van der Waals surface area contributed by atoms with Crippen LogP contribution in [-0.4, -0.2) is 44.6 Å². The van der Waals surface area contributed by atoms with Gasteiger partial charge in [0.05, 0.1) is 0 Å². The second-order valence-electron chi connectivity index (χ2n) is 2.66. The van der Waals surface area contributed by atoms with E-state index in [2.05, 4.69) is 22.4 Å². The minimum atomic E-state index is -2.54. The van der Waals surface area contributed by atoms with E-state index in [4.69, 9.17) is 8.74 Å². The van der Waals surface area contributed by atoms with Gasteiger partial charge in [0.1, 0.15) is 0 Å². The first-order valence-electron chi connectivity index (χ1n) is 4.18. The second kappa shape index (κ2) is 10.2. The van der Waals surface area contributed by atoms with Crippen LogP contribution < -0.4 is 0 Å². The van der Waals surface area contributed by atoms with Gasteiger partial charge in [-0.3, -0.25) is 0 Å². The Morgan fingerprint density at radius 1 is 1.15 bits per heavy atom. The van der Waals surface area contributed by atoms with Gasteiger partial charge < -0.3 is 5.48 Å². The third kappa shape index (κ3) is 16.4. The summed E-state index contributed by atoms with van der Waals surface area (Å²) in [6.07, 6.45) is 4.70. The van der Waals surface area contributed by atoms with Crippen molar-refractivity contribution >= 4 is 58.0 Å². The Labute approximate surface area is 107 Å². The van der Waals surface area contributed by atoms with Crippen molar-refractivity contribution < 1.29 is 14.2 Å². The number of hydrogen-bond acceptors (Lipinski definition) is 3. The van der Waals surface area contributed by atoms with E-state index in [-0.39, 0.29) is 5.48 Å². The van der Waals surface area contributed by atoms with E-state index in [9.17, 15) is 0 Å². The Morgan fingerprint density at radius 3 is 2.15 bits per heavy atom. The normalized spacial score (nSPS) is 11.0. The van der Waals surface area contributed by atoms with Crippen LogP contribution >= 0.6 is 0 Å². The van der Waals surface area contributed by atoms with Crippen molar-refractivity contribution in [3.8, 4) is 0 Å². The van der Waals surface area contributed by atoms with Crippen LogP contribution in [0.25, 0.3) is 0 Å². The average Bonchev–Trinajstić information content (AvgIpc) is 1.94. The van der Waals surface area contributed by atoms with Crippen molar-refractivity contribution in [2.75, 3.05) is 6.61 Å². The van der Waals surface area contributed by atoms with E-state index in [0.29, 0.717) is 6.61 Å². The predicted molar refractivity (Wildman–Crippen MR) is 63.3 cm³/mol. The molecule has 0 saturated carbocycles. The van der Waals surface area contributed by atoms with Gasteiger partial charge in [0, 0.05) is 0 Å². The van der Waals surface area contributed by atoms with Crippen LogP contribution in [0.15, 0.2) is 0 Å². The molecule has 0 saturated heterocycles. The quantitative estimate of drug-likeness (QED) is 0.539. The third-order valence-electron chi connectivity index (χ3n) is 1.48. The van der Waals surface area contributed by atoms with Crippen molar-refractivity contribution in [3.63, 3.8) is 0 Å². The summed E-state index contributed by atoms with van der Waals surface area (Å²) in [6.45, 7) is 0.514. The maximum atomic E-state index is 8.92. The Hall–Kier alpha value is 1.67. The molecule has 0 atom stereocenters. The van der Waals surface area contributed by atoms with Crippen LogP contribution in [-0.2, 0) is 34.3 Å². The Morgan fingerprint density at radius 2 is 1.69 bits per heavy atom. The fourth-order valence-corrected chi connectivity index (χ4v) is 2.11. The molecule has 0 rings (SSSR count). The zero-order valence-electron chi connectivity index (χ0n) is 7.82. The van der Waals surface area contributed by atoms with Gasteiger partial charge in [0.15, 0.2) is 0 Å². The van der Waals surface area contributed by atoms with Gasteiger partial charge in [-0.15, -0.1) is 0 Å². The van der Waals surface area contributed by atoms with E-state index in [0.717, 1.165) is 12.8 Å². The van der Waals surface area contributed by atoms with Crippen molar-refractivity contribution in [2.24, 2.45) is 0 Å². The van der Waals surface area contributed by atoms with Gasteiger partial charge in [0.2, 0.25) is 0 Å². The van der Waals surface area contributed by atoms with Crippen molar-refractivity contribution in [2.45, 2.75) is 29.4 Å². The van der Waals surface area contributed by atoms with Crippen LogP contribution in [0.4, 0.5) is 0 Å². The van der Waals surface area contributed by atoms with Crippen LogP contribution in [0, 0.1) is 0 Å².